The second-order valence-electron chi connectivity index (χ2n) is 5.49. The van der Waals surface area contributed by atoms with Crippen LogP contribution < -0.4 is 5.56 Å². The summed E-state index contributed by atoms with van der Waals surface area (Å²) in [5.74, 6) is -0.318. The molecule has 1 aliphatic heterocycles. The maximum Gasteiger partial charge on any atom is 0.279 e. The monoisotopic (exact) mass is 265 g/mol. The summed E-state index contributed by atoms with van der Waals surface area (Å²) >= 11 is 0. The Morgan fingerprint density at radius 1 is 1.42 bits per heavy atom. The topological polar surface area (TPSA) is 75.4 Å². The number of rotatable bonds is 1. The minimum Gasteiger partial charge on any atom is -0.388 e. The second kappa shape index (κ2) is 4.45. The van der Waals surface area contributed by atoms with Crippen LogP contribution in [-0.4, -0.2) is 44.4 Å². The molecule has 6 heteroatoms. The third-order valence-electron chi connectivity index (χ3n) is 3.68. The van der Waals surface area contributed by atoms with Gasteiger partial charge in [0, 0.05) is 20.1 Å². The zero-order chi connectivity index (χ0) is 14.4. The van der Waals surface area contributed by atoms with Crippen LogP contribution in [0.1, 0.15) is 35.0 Å². The quantitative estimate of drug-likeness (QED) is 0.775. The smallest absolute Gasteiger partial charge is 0.279 e. The van der Waals surface area contributed by atoms with Crippen molar-refractivity contribution in [3.63, 3.8) is 0 Å². The number of aromatic nitrogens is 2. The largest absolute Gasteiger partial charge is 0.388 e. The number of carbonyl (C=O) groups is 1. The molecule has 1 unspecified atom stereocenters. The zero-order valence-corrected chi connectivity index (χ0v) is 11.7. The predicted molar refractivity (Wildman–Crippen MR) is 70.1 cm³/mol. The van der Waals surface area contributed by atoms with Crippen LogP contribution in [-0.2, 0) is 7.05 Å². The molecule has 0 bridgehead atoms. The molecular formula is C13H19N3O3. The summed E-state index contributed by atoms with van der Waals surface area (Å²) in [7, 11) is 1.53. The second-order valence-corrected chi connectivity index (χ2v) is 5.49. The molecule has 6 nitrogen and oxygen atoms in total. The number of carbonyl (C=O) groups excluding carboxylic acids is 1. The Morgan fingerprint density at radius 3 is 2.58 bits per heavy atom. The predicted octanol–water partition coefficient (Wildman–Crippen LogP) is -0.00596. The number of hydrogen-bond donors (Lipinski definition) is 1. The number of aryl methyl sites for hydroxylation is 2. The van der Waals surface area contributed by atoms with Gasteiger partial charge in [-0.3, -0.25) is 9.59 Å². The van der Waals surface area contributed by atoms with Crippen LogP contribution in [0.4, 0.5) is 0 Å². The van der Waals surface area contributed by atoms with Crippen molar-refractivity contribution in [2.24, 2.45) is 7.05 Å². The molecule has 0 aliphatic carbocycles. The van der Waals surface area contributed by atoms with Gasteiger partial charge in [-0.05, 0) is 32.8 Å². The minimum atomic E-state index is -0.864. The molecule has 0 saturated carbocycles. The molecule has 1 aromatic rings. The Morgan fingerprint density at radius 2 is 2.05 bits per heavy atom. The van der Waals surface area contributed by atoms with Crippen molar-refractivity contribution in [2.75, 3.05) is 13.1 Å². The Balaban J connectivity index is 2.43. The van der Waals surface area contributed by atoms with Gasteiger partial charge in [0.1, 0.15) is 5.56 Å². The lowest BCUT2D eigenvalue weighted by molar-refractivity contribution is 0.0570. The lowest BCUT2D eigenvalue weighted by Crippen LogP contribution is -2.39. The molecule has 2 heterocycles. The van der Waals surface area contributed by atoms with Gasteiger partial charge in [-0.15, -0.1) is 0 Å². The molecule has 1 aromatic heterocycles. The van der Waals surface area contributed by atoms with E-state index in [1.54, 1.807) is 20.8 Å². The Hall–Kier alpha value is -1.69. The minimum absolute atomic E-state index is 0.160. The zero-order valence-electron chi connectivity index (χ0n) is 11.7. The summed E-state index contributed by atoms with van der Waals surface area (Å²) < 4.78 is 1.18. The average molecular weight is 265 g/mol. The molecule has 1 aliphatic rings. The molecule has 0 aromatic carbocycles. The molecule has 0 spiro atoms. The number of amides is 1. The number of aliphatic hydroxyl groups is 1. The first kappa shape index (κ1) is 13.7. The molecule has 0 radical (unpaired) electrons. The van der Waals surface area contributed by atoms with Gasteiger partial charge < -0.3 is 10.0 Å². The molecule has 104 valence electrons. The number of hydrogen-bond acceptors (Lipinski definition) is 4. The fourth-order valence-corrected chi connectivity index (χ4v) is 2.38. The van der Waals surface area contributed by atoms with E-state index in [-0.39, 0.29) is 23.6 Å². The van der Waals surface area contributed by atoms with Crippen LogP contribution in [0, 0.1) is 13.8 Å². The fraction of sp³-hybridized carbons (Fsp3) is 0.615. The van der Waals surface area contributed by atoms with E-state index in [1.165, 1.54) is 16.6 Å². The van der Waals surface area contributed by atoms with E-state index in [4.69, 9.17) is 0 Å². The van der Waals surface area contributed by atoms with Crippen molar-refractivity contribution in [3.8, 4) is 0 Å². The molecule has 1 N–H and O–H groups in total. The highest BCUT2D eigenvalue weighted by Gasteiger charge is 2.35. The van der Waals surface area contributed by atoms with Crippen molar-refractivity contribution in [2.45, 2.75) is 32.8 Å². The molecule has 1 atom stereocenters. The van der Waals surface area contributed by atoms with Crippen molar-refractivity contribution < 1.29 is 9.90 Å². The van der Waals surface area contributed by atoms with Crippen LogP contribution in [0.3, 0.4) is 0 Å². The van der Waals surface area contributed by atoms with Gasteiger partial charge in [0.25, 0.3) is 11.5 Å². The van der Waals surface area contributed by atoms with E-state index in [0.717, 1.165) is 0 Å². The lowest BCUT2D eigenvalue weighted by atomic mass is 10.1. The highest BCUT2D eigenvalue weighted by atomic mass is 16.3. The number of nitrogens with zero attached hydrogens (tertiary/aromatic N) is 3. The van der Waals surface area contributed by atoms with Crippen LogP contribution in [0.25, 0.3) is 0 Å². The van der Waals surface area contributed by atoms with E-state index in [9.17, 15) is 14.7 Å². The first-order valence-corrected chi connectivity index (χ1v) is 6.29. The van der Waals surface area contributed by atoms with E-state index >= 15 is 0 Å². The lowest BCUT2D eigenvalue weighted by Gasteiger charge is -2.20. The van der Waals surface area contributed by atoms with Crippen LogP contribution >= 0.6 is 0 Å². The van der Waals surface area contributed by atoms with Crippen molar-refractivity contribution >= 4 is 5.91 Å². The summed E-state index contributed by atoms with van der Waals surface area (Å²) in [6, 6.07) is 0. The Kier molecular flexibility index (Phi) is 3.22. The van der Waals surface area contributed by atoms with Gasteiger partial charge in [0.05, 0.1) is 11.3 Å². The maximum atomic E-state index is 12.5. The number of likely N-dealkylation sites (tertiary alicyclic amines) is 1. The van der Waals surface area contributed by atoms with Gasteiger partial charge in [-0.2, -0.15) is 5.10 Å². The SMILES string of the molecule is Cc1nn(C)c(=O)c(C(=O)N2CCC(C)(O)C2)c1C. The van der Waals surface area contributed by atoms with Crippen molar-refractivity contribution in [1.29, 1.82) is 0 Å². The van der Waals surface area contributed by atoms with Gasteiger partial charge in [0.2, 0.25) is 0 Å². The van der Waals surface area contributed by atoms with Crippen molar-refractivity contribution in [3.05, 3.63) is 27.2 Å². The first-order chi connectivity index (χ1) is 8.73. The molecule has 2 rings (SSSR count). The third kappa shape index (κ3) is 2.40. The Labute approximate surface area is 111 Å². The first-order valence-electron chi connectivity index (χ1n) is 6.29. The molecule has 1 amide bonds. The molecule has 1 fully saturated rings. The van der Waals surface area contributed by atoms with E-state index in [1.807, 2.05) is 0 Å². The fourth-order valence-electron chi connectivity index (χ4n) is 2.38. The standard InChI is InChI=1S/C13H19N3O3/c1-8-9(2)14-15(4)11(17)10(8)12(18)16-6-5-13(3,19)7-16/h19H,5-7H2,1-4H3. The molecular weight excluding hydrogens is 246 g/mol. The van der Waals surface area contributed by atoms with E-state index in [2.05, 4.69) is 5.10 Å². The third-order valence-corrected chi connectivity index (χ3v) is 3.68. The normalized spacial score (nSPS) is 22.9. The van der Waals surface area contributed by atoms with Gasteiger partial charge in [0.15, 0.2) is 0 Å². The van der Waals surface area contributed by atoms with E-state index in [0.29, 0.717) is 24.2 Å². The van der Waals surface area contributed by atoms with Crippen molar-refractivity contribution in [1.82, 2.24) is 14.7 Å². The maximum absolute atomic E-state index is 12.5. The highest BCUT2D eigenvalue weighted by molar-refractivity contribution is 5.95. The van der Waals surface area contributed by atoms with Crippen LogP contribution in [0.15, 0.2) is 4.79 Å². The summed E-state index contributed by atoms with van der Waals surface area (Å²) in [6.45, 7) is 5.92. The van der Waals surface area contributed by atoms with Crippen LogP contribution in [0.5, 0.6) is 0 Å². The molecule has 1 saturated heterocycles. The van der Waals surface area contributed by atoms with Crippen LogP contribution in [0.2, 0.25) is 0 Å². The average Bonchev–Trinajstić information content (AvgIpc) is 2.67. The summed E-state index contributed by atoms with van der Waals surface area (Å²) in [6.07, 6.45) is 0.530. The highest BCUT2D eigenvalue weighted by Crippen LogP contribution is 2.22. The van der Waals surface area contributed by atoms with Gasteiger partial charge in [-0.1, -0.05) is 0 Å². The number of β-amino-alcohol motifs (C(OH)–C–C–N with tert-alkyl or cyclic N) is 1. The van der Waals surface area contributed by atoms with Gasteiger partial charge >= 0.3 is 0 Å². The summed E-state index contributed by atoms with van der Waals surface area (Å²) in [4.78, 5) is 26.1. The molecule has 19 heavy (non-hydrogen) atoms. The Bertz CT molecular complexity index is 590. The van der Waals surface area contributed by atoms with Gasteiger partial charge in [-0.25, -0.2) is 4.68 Å². The van der Waals surface area contributed by atoms with E-state index < -0.39 is 5.60 Å². The summed E-state index contributed by atoms with van der Waals surface area (Å²) in [5, 5.41) is 14.0. The summed E-state index contributed by atoms with van der Waals surface area (Å²) in [5.41, 5.74) is 0.181.